The maximum absolute atomic E-state index is 11.4. The molecule has 1 heteroatoms. The quantitative estimate of drug-likeness (QED) is 0.684. The molecular formula is C21H24O. The van der Waals surface area contributed by atoms with Crippen molar-refractivity contribution in [3.05, 3.63) is 59.2 Å². The van der Waals surface area contributed by atoms with Gasteiger partial charge in [0.15, 0.2) is 5.78 Å². The minimum atomic E-state index is 0.124. The van der Waals surface area contributed by atoms with E-state index >= 15 is 0 Å². The Morgan fingerprint density at radius 3 is 2.45 bits per heavy atom. The maximum atomic E-state index is 11.4. The first-order chi connectivity index (χ1) is 10.7. The van der Waals surface area contributed by atoms with Gasteiger partial charge in [-0.3, -0.25) is 4.79 Å². The smallest absolute Gasteiger partial charge is 0.159 e. The minimum Gasteiger partial charge on any atom is -0.295 e. The van der Waals surface area contributed by atoms with E-state index in [1.807, 2.05) is 12.1 Å². The fraction of sp³-hybridized carbons (Fsp3) is 0.381. The fourth-order valence-corrected chi connectivity index (χ4v) is 3.56. The molecule has 0 saturated carbocycles. The molecule has 3 rings (SSSR count). The van der Waals surface area contributed by atoms with Gasteiger partial charge >= 0.3 is 0 Å². The summed E-state index contributed by atoms with van der Waals surface area (Å²) in [4.78, 5) is 11.4. The Morgan fingerprint density at radius 1 is 1.05 bits per heavy atom. The lowest BCUT2D eigenvalue weighted by Gasteiger charge is -2.24. The highest BCUT2D eigenvalue weighted by Crippen LogP contribution is 2.31. The number of Topliss-reactive ketones (excluding diaryl/α,β-unsaturated/α-hetero) is 1. The van der Waals surface area contributed by atoms with Crippen LogP contribution >= 0.6 is 0 Å². The highest BCUT2D eigenvalue weighted by Gasteiger charge is 2.18. The van der Waals surface area contributed by atoms with Crippen molar-refractivity contribution in [2.45, 2.75) is 46.0 Å². The molecular weight excluding hydrogens is 268 g/mol. The van der Waals surface area contributed by atoms with Crippen molar-refractivity contribution >= 4 is 5.78 Å². The van der Waals surface area contributed by atoms with Gasteiger partial charge in [0.2, 0.25) is 0 Å². The Kier molecular flexibility index (Phi) is 4.42. The molecule has 114 valence electrons. The van der Waals surface area contributed by atoms with E-state index in [0.717, 1.165) is 11.5 Å². The number of carbonyl (C=O) groups is 1. The molecule has 0 radical (unpaired) electrons. The van der Waals surface area contributed by atoms with Gasteiger partial charge in [0, 0.05) is 5.56 Å². The van der Waals surface area contributed by atoms with Crippen LogP contribution in [-0.4, -0.2) is 5.78 Å². The molecule has 1 aliphatic carbocycles. The van der Waals surface area contributed by atoms with Crippen molar-refractivity contribution < 1.29 is 4.79 Å². The van der Waals surface area contributed by atoms with Gasteiger partial charge in [0.05, 0.1) is 0 Å². The first-order valence-electron chi connectivity index (χ1n) is 8.40. The molecule has 1 atom stereocenters. The van der Waals surface area contributed by atoms with E-state index in [-0.39, 0.29) is 5.78 Å². The Bertz CT molecular complexity index is 667. The van der Waals surface area contributed by atoms with Crippen LogP contribution in [0.1, 0.15) is 54.6 Å². The third-order valence-electron chi connectivity index (χ3n) is 4.86. The first-order valence-corrected chi connectivity index (χ1v) is 8.40. The largest absolute Gasteiger partial charge is 0.295 e. The Balaban J connectivity index is 1.83. The highest BCUT2D eigenvalue weighted by atomic mass is 16.1. The van der Waals surface area contributed by atoms with Gasteiger partial charge in [-0.2, -0.15) is 0 Å². The van der Waals surface area contributed by atoms with Crippen LogP contribution in [0.15, 0.2) is 42.5 Å². The highest BCUT2D eigenvalue weighted by molar-refractivity contribution is 5.94. The topological polar surface area (TPSA) is 17.1 Å². The van der Waals surface area contributed by atoms with E-state index in [1.54, 1.807) is 6.92 Å². The number of hydrogen-bond donors (Lipinski definition) is 0. The molecule has 0 aliphatic heterocycles. The van der Waals surface area contributed by atoms with E-state index in [4.69, 9.17) is 0 Å². The van der Waals surface area contributed by atoms with Crippen molar-refractivity contribution in [1.82, 2.24) is 0 Å². The van der Waals surface area contributed by atoms with Gasteiger partial charge in [-0.05, 0) is 54.4 Å². The summed E-state index contributed by atoms with van der Waals surface area (Å²) in [6.45, 7) is 3.89. The predicted molar refractivity (Wildman–Crippen MR) is 92.3 cm³/mol. The summed E-state index contributed by atoms with van der Waals surface area (Å²) >= 11 is 0. The molecule has 1 unspecified atom stereocenters. The lowest BCUT2D eigenvalue weighted by Crippen LogP contribution is -2.14. The summed E-state index contributed by atoms with van der Waals surface area (Å²) in [7, 11) is 0. The zero-order valence-electron chi connectivity index (χ0n) is 13.6. The second-order valence-electron chi connectivity index (χ2n) is 6.51. The van der Waals surface area contributed by atoms with Crippen LogP contribution in [0.4, 0.5) is 0 Å². The van der Waals surface area contributed by atoms with E-state index in [0.29, 0.717) is 0 Å². The predicted octanol–water partition coefficient (Wildman–Crippen LogP) is 5.46. The molecule has 0 bridgehead atoms. The van der Waals surface area contributed by atoms with Crippen molar-refractivity contribution in [2.75, 3.05) is 0 Å². The van der Waals surface area contributed by atoms with Crippen LogP contribution in [0, 0.1) is 5.92 Å². The van der Waals surface area contributed by atoms with Gasteiger partial charge in [-0.25, -0.2) is 0 Å². The maximum Gasteiger partial charge on any atom is 0.159 e. The molecule has 0 aromatic heterocycles. The number of fused-ring (bicyclic) bond motifs is 1. The van der Waals surface area contributed by atoms with Gasteiger partial charge in [0.25, 0.3) is 0 Å². The number of aryl methyl sites for hydroxylation is 1. The Hall–Kier alpha value is -1.89. The van der Waals surface area contributed by atoms with E-state index in [1.165, 1.54) is 54.4 Å². The third kappa shape index (κ3) is 3.14. The molecule has 0 spiro atoms. The van der Waals surface area contributed by atoms with Crippen molar-refractivity contribution in [1.29, 1.82) is 0 Å². The van der Waals surface area contributed by atoms with Crippen LogP contribution in [0.25, 0.3) is 11.1 Å². The summed E-state index contributed by atoms with van der Waals surface area (Å²) in [6.07, 6.45) is 6.42. The number of carbonyl (C=O) groups excluding carboxylic acids is 1. The molecule has 22 heavy (non-hydrogen) atoms. The van der Waals surface area contributed by atoms with Crippen LogP contribution in [0.2, 0.25) is 0 Å². The molecule has 0 N–H and O–H groups in total. The monoisotopic (exact) mass is 292 g/mol. The summed E-state index contributed by atoms with van der Waals surface area (Å²) in [5.41, 5.74) is 6.30. The molecule has 0 heterocycles. The van der Waals surface area contributed by atoms with Crippen LogP contribution in [-0.2, 0) is 12.8 Å². The second kappa shape index (κ2) is 6.48. The average Bonchev–Trinajstić information content (AvgIpc) is 2.55. The molecule has 2 aromatic carbocycles. The zero-order chi connectivity index (χ0) is 15.5. The second-order valence-corrected chi connectivity index (χ2v) is 6.51. The summed E-state index contributed by atoms with van der Waals surface area (Å²) in [5.74, 6) is 0.997. The Morgan fingerprint density at radius 2 is 1.77 bits per heavy atom. The lowest BCUT2D eigenvalue weighted by atomic mass is 9.81. The van der Waals surface area contributed by atoms with E-state index < -0.39 is 0 Å². The molecule has 0 saturated heterocycles. The first kappa shape index (κ1) is 15.0. The molecule has 2 aromatic rings. The normalized spacial score (nSPS) is 17.1. The molecule has 0 fully saturated rings. The van der Waals surface area contributed by atoms with E-state index in [9.17, 15) is 4.79 Å². The number of benzene rings is 2. The van der Waals surface area contributed by atoms with Gasteiger partial charge < -0.3 is 0 Å². The van der Waals surface area contributed by atoms with Crippen LogP contribution in [0.5, 0.6) is 0 Å². The SMILES string of the molecule is CCCC1CCc2cc(-c3ccc(C(C)=O)cc3)ccc2C1. The van der Waals surface area contributed by atoms with Crippen molar-refractivity contribution in [3.8, 4) is 11.1 Å². The lowest BCUT2D eigenvalue weighted by molar-refractivity contribution is 0.101. The molecule has 1 nitrogen and oxygen atoms in total. The molecule has 0 amide bonds. The fourth-order valence-electron chi connectivity index (χ4n) is 3.56. The van der Waals surface area contributed by atoms with Crippen LogP contribution in [0.3, 0.4) is 0 Å². The number of rotatable bonds is 4. The minimum absolute atomic E-state index is 0.124. The van der Waals surface area contributed by atoms with Crippen LogP contribution < -0.4 is 0 Å². The molecule has 1 aliphatic rings. The van der Waals surface area contributed by atoms with E-state index in [2.05, 4.69) is 37.3 Å². The summed E-state index contributed by atoms with van der Waals surface area (Å²) < 4.78 is 0. The number of ketones is 1. The van der Waals surface area contributed by atoms with Crippen molar-refractivity contribution in [2.24, 2.45) is 5.92 Å². The zero-order valence-corrected chi connectivity index (χ0v) is 13.6. The van der Waals surface area contributed by atoms with Crippen molar-refractivity contribution in [3.63, 3.8) is 0 Å². The Labute approximate surface area is 133 Å². The summed E-state index contributed by atoms with van der Waals surface area (Å²) in [5, 5.41) is 0. The number of hydrogen-bond acceptors (Lipinski definition) is 1. The average molecular weight is 292 g/mol. The van der Waals surface area contributed by atoms with Gasteiger partial charge in [-0.15, -0.1) is 0 Å². The standard InChI is InChI=1S/C21H24O/c1-3-4-16-5-6-21-14-20(12-11-19(21)13-16)18-9-7-17(8-10-18)15(2)22/h7-12,14,16H,3-6,13H2,1-2H3. The third-order valence-corrected chi connectivity index (χ3v) is 4.86. The summed E-state index contributed by atoms with van der Waals surface area (Å²) in [6, 6.07) is 14.9. The van der Waals surface area contributed by atoms with Gasteiger partial charge in [0.1, 0.15) is 0 Å². The van der Waals surface area contributed by atoms with Gasteiger partial charge in [-0.1, -0.05) is 62.2 Å².